The van der Waals surface area contributed by atoms with E-state index in [2.05, 4.69) is 21.7 Å². The molecule has 1 aromatic carbocycles. The molecule has 0 bridgehead atoms. The SMILES string of the molecule is CN=C(NCC1CC1)NCC1(c2ccc(Cl)cc2Cl)CCOCC1.I. The number of hydrogen-bond donors (Lipinski definition) is 2. The van der Waals surface area contributed by atoms with Gasteiger partial charge in [-0.3, -0.25) is 4.99 Å². The normalized spacial score (nSPS) is 19.9. The predicted octanol–water partition coefficient (Wildman–Crippen LogP) is 4.23. The summed E-state index contributed by atoms with van der Waals surface area (Å²) in [5.41, 5.74) is 1.08. The summed E-state index contributed by atoms with van der Waals surface area (Å²) in [6.45, 7) is 3.27. The Morgan fingerprint density at radius 3 is 2.56 bits per heavy atom. The fourth-order valence-corrected chi connectivity index (χ4v) is 3.87. The van der Waals surface area contributed by atoms with Gasteiger partial charge in [-0.2, -0.15) is 0 Å². The number of rotatable bonds is 5. The highest BCUT2D eigenvalue weighted by Crippen LogP contribution is 2.39. The maximum absolute atomic E-state index is 6.51. The number of ether oxygens (including phenoxy) is 1. The van der Waals surface area contributed by atoms with Crippen LogP contribution in [0.5, 0.6) is 0 Å². The minimum Gasteiger partial charge on any atom is -0.381 e. The molecule has 1 saturated heterocycles. The van der Waals surface area contributed by atoms with Crippen LogP contribution in [0.2, 0.25) is 10.0 Å². The Balaban J connectivity index is 0.00000225. The molecule has 1 aromatic rings. The van der Waals surface area contributed by atoms with Crippen molar-refractivity contribution in [3.05, 3.63) is 33.8 Å². The first-order valence-corrected chi connectivity index (χ1v) is 9.36. The van der Waals surface area contributed by atoms with E-state index >= 15 is 0 Å². The van der Waals surface area contributed by atoms with Crippen LogP contribution in [-0.2, 0) is 10.2 Å². The number of halogens is 3. The Hall–Kier alpha value is -0.240. The Morgan fingerprint density at radius 1 is 1.24 bits per heavy atom. The molecule has 25 heavy (non-hydrogen) atoms. The maximum atomic E-state index is 6.51. The lowest BCUT2D eigenvalue weighted by Gasteiger charge is -2.39. The van der Waals surface area contributed by atoms with Crippen LogP contribution in [0.15, 0.2) is 23.2 Å². The quantitative estimate of drug-likeness (QED) is 0.363. The Morgan fingerprint density at radius 2 is 1.96 bits per heavy atom. The lowest BCUT2D eigenvalue weighted by molar-refractivity contribution is 0.0514. The van der Waals surface area contributed by atoms with Crippen molar-refractivity contribution in [1.29, 1.82) is 0 Å². The zero-order chi connectivity index (χ0) is 17.0. The lowest BCUT2D eigenvalue weighted by atomic mass is 9.74. The minimum absolute atomic E-state index is 0. The molecule has 2 fully saturated rings. The third kappa shape index (κ3) is 5.62. The number of aliphatic imine (C=N–C) groups is 1. The van der Waals surface area contributed by atoms with Gasteiger partial charge >= 0.3 is 0 Å². The van der Waals surface area contributed by atoms with Gasteiger partial charge in [0.05, 0.1) is 0 Å². The van der Waals surface area contributed by atoms with Crippen molar-refractivity contribution in [2.24, 2.45) is 10.9 Å². The standard InChI is InChI=1S/C18H25Cl2N3O.HI/c1-21-17(22-11-13-2-3-13)23-12-18(6-8-24-9-7-18)15-5-4-14(19)10-16(15)20;/h4-5,10,13H,2-3,6-9,11-12H2,1H3,(H2,21,22,23);1H. The second-order valence-electron chi connectivity index (χ2n) is 6.77. The Bertz CT molecular complexity index is 602. The summed E-state index contributed by atoms with van der Waals surface area (Å²) < 4.78 is 5.59. The van der Waals surface area contributed by atoms with Crippen molar-refractivity contribution in [3.63, 3.8) is 0 Å². The second-order valence-corrected chi connectivity index (χ2v) is 7.61. The highest BCUT2D eigenvalue weighted by atomic mass is 127. The van der Waals surface area contributed by atoms with E-state index in [-0.39, 0.29) is 29.4 Å². The van der Waals surface area contributed by atoms with Crippen molar-refractivity contribution in [2.75, 3.05) is 33.4 Å². The van der Waals surface area contributed by atoms with Gasteiger partial charge in [-0.15, -0.1) is 24.0 Å². The largest absolute Gasteiger partial charge is 0.381 e. The van der Waals surface area contributed by atoms with Crippen LogP contribution in [0, 0.1) is 5.92 Å². The summed E-state index contributed by atoms with van der Waals surface area (Å²) in [4.78, 5) is 4.34. The smallest absolute Gasteiger partial charge is 0.191 e. The number of nitrogens with zero attached hydrogens (tertiary/aromatic N) is 1. The first kappa shape index (κ1) is 21.1. The van der Waals surface area contributed by atoms with Gasteiger partial charge in [-0.25, -0.2) is 0 Å². The van der Waals surface area contributed by atoms with Crippen molar-refractivity contribution in [3.8, 4) is 0 Å². The van der Waals surface area contributed by atoms with Crippen LogP contribution in [0.3, 0.4) is 0 Å². The monoisotopic (exact) mass is 497 g/mol. The topological polar surface area (TPSA) is 45.7 Å². The molecule has 0 radical (unpaired) electrons. The summed E-state index contributed by atoms with van der Waals surface area (Å²) in [6, 6.07) is 5.80. The molecule has 0 spiro atoms. The number of guanidine groups is 1. The maximum Gasteiger partial charge on any atom is 0.191 e. The molecule has 0 amide bonds. The molecule has 3 rings (SSSR count). The van der Waals surface area contributed by atoms with Crippen molar-refractivity contribution < 1.29 is 4.74 Å². The zero-order valence-corrected chi connectivity index (χ0v) is 18.3. The highest BCUT2D eigenvalue weighted by Gasteiger charge is 2.36. The van der Waals surface area contributed by atoms with Gasteiger partial charge in [0.25, 0.3) is 0 Å². The molecular weight excluding hydrogens is 472 g/mol. The van der Waals surface area contributed by atoms with E-state index in [0.717, 1.165) is 61.6 Å². The summed E-state index contributed by atoms with van der Waals surface area (Å²) >= 11 is 12.6. The third-order valence-corrected chi connectivity index (χ3v) is 5.57. The van der Waals surface area contributed by atoms with Gasteiger partial charge < -0.3 is 15.4 Å². The van der Waals surface area contributed by atoms with Crippen molar-refractivity contribution >= 4 is 53.1 Å². The van der Waals surface area contributed by atoms with E-state index in [1.165, 1.54) is 12.8 Å². The molecule has 0 atom stereocenters. The average Bonchev–Trinajstić information content (AvgIpc) is 3.40. The zero-order valence-electron chi connectivity index (χ0n) is 14.5. The van der Waals surface area contributed by atoms with Crippen LogP contribution < -0.4 is 10.6 Å². The van der Waals surface area contributed by atoms with E-state index in [4.69, 9.17) is 27.9 Å². The first-order valence-electron chi connectivity index (χ1n) is 8.61. The molecule has 0 unspecified atom stereocenters. The summed E-state index contributed by atoms with van der Waals surface area (Å²) in [7, 11) is 1.81. The fraction of sp³-hybridized carbons (Fsp3) is 0.611. The second kappa shape index (κ2) is 9.62. The number of hydrogen-bond acceptors (Lipinski definition) is 2. The molecule has 140 valence electrons. The van der Waals surface area contributed by atoms with E-state index in [1.54, 1.807) is 0 Å². The van der Waals surface area contributed by atoms with Crippen LogP contribution in [0.25, 0.3) is 0 Å². The van der Waals surface area contributed by atoms with E-state index in [9.17, 15) is 0 Å². The van der Waals surface area contributed by atoms with Crippen LogP contribution in [0.4, 0.5) is 0 Å². The minimum atomic E-state index is -0.0584. The Labute approximate surface area is 177 Å². The van der Waals surface area contributed by atoms with E-state index < -0.39 is 0 Å². The molecule has 1 aliphatic carbocycles. The summed E-state index contributed by atoms with van der Waals surface area (Å²) in [5, 5.41) is 8.31. The fourth-order valence-electron chi connectivity index (χ4n) is 3.26. The lowest BCUT2D eigenvalue weighted by Crippen LogP contribution is -2.48. The molecule has 1 aliphatic heterocycles. The molecule has 1 heterocycles. The van der Waals surface area contributed by atoms with E-state index in [1.807, 2.05) is 19.2 Å². The average molecular weight is 498 g/mol. The van der Waals surface area contributed by atoms with Crippen molar-refractivity contribution in [1.82, 2.24) is 10.6 Å². The van der Waals surface area contributed by atoms with Gasteiger partial charge in [0.2, 0.25) is 0 Å². The van der Waals surface area contributed by atoms with Gasteiger partial charge in [0.1, 0.15) is 0 Å². The molecule has 2 aliphatic rings. The van der Waals surface area contributed by atoms with Crippen molar-refractivity contribution in [2.45, 2.75) is 31.1 Å². The molecular formula is C18H26Cl2IN3O. The molecule has 0 aromatic heterocycles. The van der Waals surface area contributed by atoms with Gasteiger partial charge in [0, 0.05) is 48.8 Å². The molecule has 2 N–H and O–H groups in total. The van der Waals surface area contributed by atoms with Gasteiger partial charge in [-0.05, 0) is 49.3 Å². The van der Waals surface area contributed by atoms with Gasteiger partial charge in [0.15, 0.2) is 5.96 Å². The van der Waals surface area contributed by atoms with Crippen LogP contribution >= 0.6 is 47.2 Å². The number of nitrogens with one attached hydrogen (secondary N) is 2. The molecule has 4 nitrogen and oxygen atoms in total. The van der Waals surface area contributed by atoms with Crippen LogP contribution in [0.1, 0.15) is 31.2 Å². The Kier molecular flexibility index (Phi) is 8.11. The molecule has 1 saturated carbocycles. The first-order chi connectivity index (χ1) is 11.6. The predicted molar refractivity (Wildman–Crippen MR) is 116 cm³/mol. The summed E-state index contributed by atoms with van der Waals surface area (Å²) in [6.07, 6.45) is 4.51. The highest BCUT2D eigenvalue weighted by molar-refractivity contribution is 14.0. The van der Waals surface area contributed by atoms with E-state index in [0.29, 0.717) is 5.02 Å². The summed E-state index contributed by atoms with van der Waals surface area (Å²) in [5.74, 6) is 1.67. The van der Waals surface area contributed by atoms with Gasteiger partial charge in [-0.1, -0.05) is 29.3 Å². The number of benzene rings is 1. The van der Waals surface area contributed by atoms with Crippen LogP contribution in [-0.4, -0.2) is 39.3 Å². The third-order valence-electron chi connectivity index (χ3n) is 5.03. The molecule has 7 heteroatoms.